The SMILES string of the molecule is CCN(CC)C(=O)/C(C)=C(/C(C)=N\OC(=O)c1ccccc1)c1ccccc1. The molecule has 0 spiro atoms. The quantitative estimate of drug-likeness (QED) is 0.307. The molecule has 0 heterocycles. The summed E-state index contributed by atoms with van der Waals surface area (Å²) in [7, 11) is 0. The highest BCUT2D eigenvalue weighted by molar-refractivity contribution is 6.28. The highest BCUT2D eigenvalue weighted by Crippen LogP contribution is 2.22. The topological polar surface area (TPSA) is 59.0 Å². The molecule has 0 aliphatic carbocycles. The van der Waals surface area contributed by atoms with Crippen molar-refractivity contribution in [2.45, 2.75) is 27.7 Å². The average Bonchev–Trinajstić information content (AvgIpc) is 2.74. The van der Waals surface area contributed by atoms with E-state index < -0.39 is 5.97 Å². The van der Waals surface area contributed by atoms with Crippen LogP contribution in [0, 0.1) is 0 Å². The fourth-order valence-electron chi connectivity index (χ4n) is 2.94. The molecule has 146 valence electrons. The largest absolute Gasteiger partial charge is 0.365 e. The molecule has 0 bridgehead atoms. The zero-order chi connectivity index (χ0) is 20.5. The molecule has 5 nitrogen and oxygen atoms in total. The lowest BCUT2D eigenvalue weighted by molar-refractivity contribution is -0.126. The molecule has 0 aliphatic rings. The zero-order valence-corrected chi connectivity index (χ0v) is 16.8. The summed E-state index contributed by atoms with van der Waals surface area (Å²) in [6.45, 7) is 8.64. The molecule has 0 aromatic heterocycles. The summed E-state index contributed by atoms with van der Waals surface area (Å²) >= 11 is 0. The number of amides is 1. The summed E-state index contributed by atoms with van der Waals surface area (Å²) < 4.78 is 0. The predicted octanol–water partition coefficient (Wildman–Crippen LogP) is 4.56. The third kappa shape index (κ3) is 5.16. The summed E-state index contributed by atoms with van der Waals surface area (Å²) in [4.78, 5) is 32.0. The van der Waals surface area contributed by atoms with Crippen LogP contribution >= 0.6 is 0 Å². The van der Waals surface area contributed by atoms with E-state index in [1.807, 2.05) is 50.2 Å². The number of hydrogen-bond acceptors (Lipinski definition) is 4. The van der Waals surface area contributed by atoms with Gasteiger partial charge in [-0.2, -0.15) is 0 Å². The fraction of sp³-hybridized carbons (Fsp3) is 0.261. The molecule has 0 saturated carbocycles. The van der Waals surface area contributed by atoms with Gasteiger partial charge in [-0.05, 0) is 45.4 Å². The summed E-state index contributed by atoms with van der Waals surface area (Å²) in [6, 6.07) is 18.2. The van der Waals surface area contributed by atoms with Gasteiger partial charge in [-0.1, -0.05) is 53.7 Å². The van der Waals surface area contributed by atoms with Crippen LogP contribution in [0.15, 0.2) is 71.4 Å². The molecule has 0 unspecified atom stereocenters. The van der Waals surface area contributed by atoms with Gasteiger partial charge >= 0.3 is 5.97 Å². The van der Waals surface area contributed by atoms with Crippen LogP contribution in [0.4, 0.5) is 0 Å². The lowest BCUT2D eigenvalue weighted by Gasteiger charge is -2.21. The molecule has 2 rings (SSSR count). The van der Waals surface area contributed by atoms with Gasteiger partial charge in [-0.15, -0.1) is 0 Å². The standard InChI is InChI=1S/C23H26N2O3/c1-5-25(6-2)22(26)17(3)21(19-13-9-7-10-14-19)18(4)24-28-23(27)20-15-11-8-12-16-20/h7-16H,5-6H2,1-4H3/b21-17-,24-18-. The highest BCUT2D eigenvalue weighted by Gasteiger charge is 2.19. The van der Waals surface area contributed by atoms with Crippen LogP contribution in [0.1, 0.15) is 43.6 Å². The third-order valence-corrected chi connectivity index (χ3v) is 4.45. The van der Waals surface area contributed by atoms with Crippen molar-refractivity contribution >= 4 is 23.2 Å². The second-order valence-corrected chi connectivity index (χ2v) is 6.26. The van der Waals surface area contributed by atoms with Gasteiger partial charge in [0.15, 0.2) is 0 Å². The Bertz CT molecular complexity index is 867. The molecular formula is C23H26N2O3. The zero-order valence-electron chi connectivity index (χ0n) is 16.8. The number of benzene rings is 2. The van der Waals surface area contributed by atoms with Gasteiger partial charge in [-0.3, -0.25) is 4.79 Å². The lowest BCUT2D eigenvalue weighted by Crippen LogP contribution is -2.32. The minimum atomic E-state index is -0.542. The molecule has 0 aliphatic heterocycles. The van der Waals surface area contributed by atoms with Crippen molar-refractivity contribution in [1.29, 1.82) is 0 Å². The molecule has 2 aromatic rings. The number of rotatable bonds is 7. The molecule has 5 heteroatoms. The van der Waals surface area contributed by atoms with E-state index in [1.165, 1.54) is 0 Å². The van der Waals surface area contributed by atoms with Crippen LogP contribution in [0.3, 0.4) is 0 Å². The van der Waals surface area contributed by atoms with Crippen molar-refractivity contribution in [3.05, 3.63) is 77.4 Å². The maximum atomic E-state index is 12.9. The van der Waals surface area contributed by atoms with Crippen molar-refractivity contribution in [2.75, 3.05) is 13.1 Å². The number of allylic oxidation sites excluding steroid dienone is 1. The smallest absolute Gasteiger partial charge is 0.339 e. The van der Waals surface area contributed by atoms with Gasteiger partial charge in [0.2, 0.25) is 5.91 Å². The predicted molar refractivity (Wildman–Crippen MR) is 112 cm³/mol. The summed E-state index contributed by atoms with van der Waals surface area (Å²) in [5, 5.41) is 4.03. The fourth-order valence-corrected chi connectivity index (χ4v) is 2.94. The second-order valence-electron chi connectivity index (χ2n) is 6.26. The number of carbonyl (C=O) groups excluding carboxylic acids is 2. The Kier molecular flexibility index (Phi) is 7.69. The molecule has 0 fully saturated rings. The van der Waals surface area contributed by atoms with E-state index in [1.54, 1.807) is 43.0 Å². The Hall–Kier alpha value is -3.21. The Morgan fingerprint density at radius 1 is 0.857 bits per heavy atom. The Labute approximate surface area is 166 Å². The van der Waals surface area contributed by atoms with E-state index in [0.717, 1.165) is 5.56 Å². The molecule has 2 aromatic carbocycles. The highest BCUT2D eigenvalue weighted by atomic mass is 16.7. The molecule has 0 atom stereocenters. The maximum Gasteiger partial charge on any atom is 0.365 e. The van der Waals surface area contributed by atoms with Crippen LogP contribution in [0.2, 0.25) is 0 Å². The van der Waals surface area contributed by atoms with Crippen molar-refractivity contribution in [1.82, 2.24) is 4.90 Å². The number of oxime groups is 1. The second kappa shape index (κ2) is 10.2. The molecule has 1 amide bonds. The first-order valence-electron chi connectivity index (χ1n) is 9.36. The van der Waals surface area contributed by atoms with Crippen molar-refractivity contribution in [3.8, 4) is 0 Å². The minimum absolute atomic E-state index is 0.0622. The van der Waals surface area contributed by atoms with Gasteiger partial charge in [0.1, 0.15) is 0 Å². The minimum Gasteiger partial charge on any atom is -0.339 e. The lowest BCUT2D eigenvalue weighted by atomic mass is 9.96. The molecular weight excluding hydrogens is 352 g/mol. The van der Waals surface area contributed by atoms with E-state index in [9.17, 15) is 9.59 Å². The van der Waals surface area contributed by atoms with Crippen LogP contribution in [-0.4, -0.2) is 35.6 Å². The van der Waals surface area contributed by atoms with E-state index in [0.29, 0.717) is 35.5 Å². The van der Waals surface area contributed by atoms with Crippen LogP contribution < -0.4 is 0 Å². The van der Waals surface area contributed by atoms with Crippen molar-refractivity contribution in [2.24, 2.45) is 5.16 Å². The summed E-state index contributed by atoms with van der Waals surface area (Å²) in [5.41, 5.74) is 2.96. The first kappa shape index (κ1) is 21.1. The van der Waals surface area contributed by atoms with E-state index in [2.05, 4.69) is 5.16 Å². The van der Waals surface area contributed by atoms with Gasteiger partial charge in [0.25, 0.3) is 0 Å². The van der Waals surface area contributed by atoms with E-state index >= 15 is 0 Å². The van der Waals surface area contributed by atoms with E-state index in [4.69, 9.17) is 4.84 Å². The van der Waals surface area contributed by atoms with Gasteiger partial charge in [0.05, 0.1) is 11.3 Å². The average molecular weight is 378 g/mol. The first-order valence-corrected chi connectivity index (χ1v) is 9.36. The van der Waals surface area contributed by atoms with Gasteiger partial charge < -0.3 is 9.74 Å². The van der Waals surface area contributed by atoms with E-state index in [-0.39, 0.29) is 5.91 Å². The molecule has 0 saturated heterocycles. The normalized spacial score (nSPS) is 12.2. The third-order valence-electron chi connectivity index (χ3n) is 4.45. The van der Waals surface area contributed by atoms with Crippen LogP contribution in [0.25, 0.3) is 5.57 Å². The monoisotopic (exact) mass is 378 g/mol. The van der Waals surface area contributed by atoms with Crippen LogP contribution in [0.5, 0.6) is 0 Å². The number of carbonyl (C=O) groups is 2. The molecule has 0 radical (unpaired) electrons. The molecule has 28 heavy (non-hydrogen) atoms. The summed E-state index contributed by atoms with van der Waals surface area (Å²) in [6.07, 6.45) is 0. The van der Waals surface area contributed by atoms with Gasteiger partial charge in [0, 0.05) is 24.2 Å². The van der Waals surface area contributed by atoms with Gasteiger partial charge in [-0.25, -0.2) is 4.79 Å². The number of nitrogens with zero attached hydrogens (tertiary/aromatic N) is 2. The Morgan fingerprint density at radius 2 is 1.36 bits per heavy atom. The number of hydrogen-bond donors (Lipinski definition) is 0. The summed E-state index contributed by atoms with van der Waals surface area (Å²) in [5.74, 6) is -0.604. The Balaban J connectivity index is 2.40. The first-order chi connectivity index (χ1) is 13.5. The van der Waals surface area contributed by atoms with Crippen molar-refractivity contribution < 1.29 is 14.4 Å². The van der Waals surface area contributed by atoms with Crippen molar-refractivity contribution in [3.63, 3.8) is 0 Å². The molecule has 0 N–H and O–H groups in total. The van der Waals surface area contributed by atoms with Crippen LogP contribution in [-0.2, 0) is 9.63 Å². The number of likely N-dealkylation sites (N-methyl/N-ethyl adjacent to an activating group) is 1. The Morgan fingerprint density at radius 3 is 1.86 bits per heavy atom. The maximum absolute atomic E-state index is 12.9.